The molecule has 0 aromatic carbocycles. The average Bonchev–Trinajstić information content (AvgIpc) is 1.66. The Morgan fingerprint density at radius 2 is 2.33 bits per heavy atom. The van der Waals surface area contributed by atoms with Gasteiger partial charge >= 0.3 is 5.97 Å². The molecule has 0 aliphatic carbocycles. The second-order valence-electron chi connectivity index (χ2n) is 1.31. The van der Waals surface area contributed by atoms with Crippen LogP contribution in [-0.4, -0.2) is 24.2 Å². The monoisotopic (exact) mass is 151 g/mol. The molecule has 0 radical (unpaired) electrons. The van der Waals surface area contributed by atoms with Crippen LogP contribution in [0.5, 0.6) is 0 Å². The lowest BCUT2D eigenvalue weighted by Gasteiger charge is -1.91. The summed E-state index contributed by atoms with van der Waals surface area (Å²) in [5, 5.41) is 10.7. The molecule has 9 heavy (non-hydrogen) atoms. The summed E-state index contributed by atoms with van der Waals surface area (Å²) in [6.45, 7) is 3.96. The fourth-order valence-electron chi connectivity index (χ4n) is 0.281. The molecule has 0 unspecified atom stereocenters. The van der Waals surface area contributed by atoms with E-state index in [1.165, 1.54) is 0 Å². The third-order valence-corrected chi connectivity index (χ3v) is 0.565. The van der Waals surface area contributed by atoms with E-state index in [1.807, 2.05) is 0 Å². The van der Waals surface area contributed by atoms with Crippen LogP contribution in [0.3, 0.4) is 0 Å². The highest BCUT2D eigenvalue weighted by Gasteiger charge is 1.89. The van der Waals surface area contributed by atoms with Crippen molar-refractivity contribution >= 4 is 18.4 Å². The molecule has 0 fully saturated rings. The third kappa shape index (κ3) is 11.2. The van der Waals surface area contributed by atoms with Crippen LogP contribution in [0.15, 0.2) is 12.7 Å². The molecule has 0 aromatic rings. The van der Waals surface area contributed by atoms with Crippen molar-refractivity contribution < 1.29 is 9.90 Å². The molecule has 54 valence electrons. The van der Waals surface area contributed by atoms with Crippen molar-refractivity contribution in [3.05, 3.63) is 12.7 Å². The number of aliphatic carboxylic acids is 1. The summed E-state index contributed by atoms with van der Waals surface area (Å²) < 4.78 is 0. The summed E-state index contributed by atoms with van der Waals surface area (Å²) in [6, 6.07) is 0. The SMILES string of the molecule is C=CCNCC(=O)O.Cl. The van der Waals surface area contributed by atoms with Crippen molar-refractivity contribution in [2.45, 2.75) is 0 Å². The minimum absolute atomic E-state index is 0. The van der Waals surface area contributed by atoms with Gasteiger partial charge in [0.25, 0.3) is 0 Å². The van der Waals surface area contributed by atoms with Crippen LogP contribution in [-0.2, 0) is 4.79 Å². The van der Waals surface area contributed by atoms with E-state index in [-0.39, 0.29) is 19.0 Å². The Morgan fingerprint density at radius 3 is 2.67 bits per heavy atom. The third-order valence-electron chi connectivity index (χ3n) is 0.565. The first kappa shape index (κ1) is 11.3. The Morgan fingerprint density at radius 1 is 1.78 bits per heavy atom. The molecular weight excluding hydrogens is 142 g/mol. The lowest BCUT2D eigenvalue weighted by atomic mass is 10.6. The van der Waals surface area contributed by atoms with Gasteiger partial charge in [0, 0.05) is 6.54 Å². The predicted octanol–water partition coefficient (Wildman–Crippen LogP) is 0.268. The van der Waals surface area contributed by atoms with Gasteiger partial charge in [0.05, 0.1) is 6.54 Å². The molecule has 0 atom stereocenters. The standard InChI is InChI=1S/C5H9NO2.ClH/c1-2-3-6-4-5(7)8;/h2,6H,1,3-4H2,(H,7,8);1H. The normalized spacial score (nSPS) is 7.56. The molecule has 0 saturated heterocycles. The molecular formula is C5H10ClNO2. The Hall–Kier alpha value is -0.540. The number of carboxylic acid groups (broad SMARTS) is 1. The predicted molar refractivity (Wildman–Crippen MR) is 38.0 cm³/mol. The Kier molecular flexibility index (Phi) is 9.35. The zero-order chi connectivity index (χ0) is 6.41. The van der Waals surface area contributed by atoms with Gasteiger partial charge in [-0.05, 0) is 0 Å². The minimum Gasteiger partial charge on any atom is -0.480 e. The van der Waals surface area contributed by atoms with Crippen LogP contribution >= 0.6 is 12.4 Å². The zero-order valence-corrected chi connectivity index (χ0v) is 5.78. The van der Waals surface area contributed by atoms with Crippen molar-refractivity contribution in [2.75, 3.05) is 13.1 Å². The van der Waals surface area contributed by atoms with Crippen molar-refractivity contribution in [1.29, 1.82) is 0 Å². The van der Waals surface area contributed by atoms with Crippen LogP contribution in [0.4, 0.5) is 0 Å². The quantitative estimate of drug-likeness (QED) is 0.448. The average molecular weight is 152 g/mol. The number of carbonyl (C=O) groups is 1. The maximum absolute atomic E-state index is 9.78. The number of rotatable bonds is 4. The van der Waals surface area contributed by atoms with Gasteiger partial charge in [-0.15, -0.1) is 19.0 Å². The first-order valence-corrected chi connectivity index (χ1v) is 2.30. The molecule has 3 nitrogen and oxygen atoms in total. The smallest absolute Gasteiger partial charge is 0.317 e. The van der Waals surface area contributed by atoms with Gasteiger partial charge in [-0.1, -0.05) is 6.08 Å². The molecule has 0 aromatic heterocycles. The number of carboxylic acids is 1. The van der Waals surface area contributed by atoms with Gasteiger partial charge < -0.3 is 10.4 Å². The summed E-state index contributed by atoms with van der Waals surface area (Å²) in [6.07, 6.45) is 1.61. The van der Waals surface area contributed by atoms with E-state index >= 15 is 0 Å². The second-order valence-corrected chi connectivity index (χ2v) is 1.31. The molecule has 0 rings (SSSR count). The van der Waals surface area contributed by atoms with Crippen molar-refractivity contribution in [3.63, 3.8) is 0 Å². The van der Waals surface area contributed by atoms with Gasteiger partial charge in [0.1, 0.15) is 0 Å². The molecule has 0 saturated carbocycles. The highest BCUT2D eigenvalue weighted by atomic mass is 35.5. The molecule has 0 aliphatic rings. The van der Waals surface area contributed by atoms with Crippen molar-refractivity contribution in [3.8, 4) is 0 Å². The topological polar surface area (TPSA) is 49.3 Å². The highest BCUT2D eigenvalue weighted by molar-refractivity contribution is 5.85. The fourth-order valence-corrected chi connectivity index (χ4v) is 0.281. The maximum Gasteiger partial charge on any atom is 0.317 e. The van der Waals surface area contributed by atoms with Crippen LogP contribution in [0.1, 0.15) is 0 Å². The van der Waals surface area contributed by atoms with E-state index in [0.29, 0.717) is 6.54 Å². The van der Waals surface area contributed by atoms with Crippen molar-refractivity contribution in [1.82, 2.24) is 5.32 Å². The molecule has 0 spiro atoms. The number of hydrogen-bond acceptors (Lipinski definition) is 2. The van der Waals surface area contributed by atoms with Crippen LogP contribution < -0.4 is 5.32 Å². The van der Waals surface area contributed by atoms with E-state index in [0.717, 1.165) is 0 Å². The maximum atomic E-state index is 9.78. The van der Waals surface area contributed by atoms with Gasteiger partial charge in [0.15, 0.2) is 0 Å². The Balaban J connectivity index is 0. The summed E-state index contributed by atoms with van der Waals surface area (Å²) in [5.41, 5.74) is 0. The zero-order valence-electron chi connectivity index (χ0n) is 4.96. The summed E-state index contributed by atoms with van der Waals surface area (Å²) in [5.74, 6) is -0.841. The van der Waals surface area contributed by atoms with E-state index < -0.39 is 5.97 Å². The van der Waals surface area contributed by atoms with Gasteiger partial charge in [-0.25, -0.2) is 0 Å². The largest absolute Gasteiger partial charge is 0.480 e. The van der Waals surface area contributed by atoms with Gasteiger partial charge in [0.2, 0.25) is 0 Å². The minimum atomic E-state index is -0.841. The first-order valence-electron chi connectivity index (χ1n) is 2.30. The molecule has 0 aliphatic heterocycles. The van der Waals surface area contributed by atoms with Crippen LogP contribution in [0.25, 0.3) is 0 Å². The molecule has 0 amide bonds. The molecule has 2 N–H and O–H groups in total. The lowest BCUT2D eigenvalue weighted by Crippen LogP contribution is -2.21. The molecule has 4 heteroatoms. The molecule has 0 heterocycles. The number of halogens is 1. The van der Waals surface area contributed by atoms with Gasteiger partial charge in [-0.2, -0.15) is 0 Å². The van der Waals surface area contributed by atoms with Crippen LogP contribution in [0.2, 0.25) is 0 Å². The van der Waals surface area contributed by atoms with Crippen molar-refractivity contribution in [2.24, 2.45) is 0 Å². The van der Waals surface area contributed by atoms with Gasteiger partial charge in [-0.3, -0.25) is 4.79 Å². The Labute approximate surface area is 60.2 Å². The number of nitrogens with one attached hydrogen (secondary N) is 1. The lowest BCUT2D eigenvalue weighted by molar-refractivity contribution is -0.135. The Bertz CT molecular complexity index is 95.0. The second kappa shape index (κ2) is 7.46. The van der Waals surface area contributed by atoms with E-state index in [4.69, 9.17) is 5.11 Å². The summed E-state index contributed by atoms with van der Waals surface area (Å²) >= 11 is 0. The summed E-state index contributed by atoms with van der Waals surface area (Å²) in [4.78, 5) is 9.78. The van der Waals surface area contributed by atoms with Crippen LogP contribution in [0, 0.1) is 0 Å². The number of hydrogen-bond donors (Lipinski definition) is 2. The van der Waals surface area contributed by atoms with E-state index in [1.54, 1.807) is 6.08 Å². The van der Waals surface area contributed by atoms with E-state index in [9.17, 15) is 4.79 Å². The summed E-state index contributed by atoms with van der Waals surface area (Å²) in [7, 11) is 0. The molecule has 0 bridgehead atoms. The first-order chi connectivity index (χ1) is 3.77. The highest BCUT2D eigenvalue weighted by Crippen LogP contribution is 1.60. The van der Waals surface area contributed by atoms with E-state index in [2.05, 4.69) is 11.9 Å². The fraction of sp³-hybridized carbons (Fsp3) is 0.400.